The molecule has 1 aliphatic carbocycles. The van der Waals surface area contributed by atoms with Crippen LogP contribution in [0.2, 0.25) is 0 Å². The smallest absolute Gasteiger partial charge is 0.251 e. The predicted octanol–water partition coefficient (Wildman–Crippen LogP) is 1.38. The van der Waals surface area contributed by atoms with Gasteiger partial charge in [0.05, 0.1) is 32.3 Å². The molecule has 1 unspecified atom stereocenters. The number of ether oxygens (including phenoxy) is 2. The third kappa shape index (κ3) is 3.63. The summed E-state index contributed by atoms with van der Waals surface area (Å²) >= 11 is 0. The fraction of sp³-hybridized carbons (Fsp3) is 0.440. The maximum atomic E-state index is 12.9. The minimum absolute atomic E-state index is 0.0920. The van der Waals surface area contributed by atoms with E-state index in [1.54, 1.807) is 6.07 Å². The zero-order chi connectivity index (χ0) is 23.4. The number of nitrogens with zero attached hydrogens (tertiary/aromatic N) is 1. The van der Waals surface area contributed by atoms with Crippen LogP contribution in [0.3, 0.4) is 0 Å². The van der Waals surface area contributed by atoms with Gasteiger partial charge in [0.25, 0.3) is 5.91 Å². The first-order valence-corrected chi connectivity index (χ1v) is 11.2. The van der Waals surface area contributed by atoms with Gasteiger partial charge in [-0.15, -0.1) is 0 Å². The topological polar surface area (TPSA) is 108 Å². The van der Waals surface area contributed by atoms with Gasteiger partial charge in [-0.1, -0.05) is 44.2 Å². The largest absolute Gasteiger partial charge is 0.366 e. The molecule has 0 aromatic heterocycles. The van der Waals surface area contributed by atoms with Crippen molar-refractivity contribution in [3.63, 3.8) is 0 Å². The van der Waals surface area contributed by atoms with Crippen LogP contribution in [0.5, 0.6) is 0 Å². The molecule has 0 radical (unpaired) electrons. The van der Waals surface area contributed by atoms with Crippen LogP contribution in [-0.2, 0) is 19.7 Å². The van der Waals surface area contributed by atoms with E-state index in [0.29, 0.717) is 18.8 Å². The van der Waals surface area contributed by atoms with Crippen LogP contribution in [0.25, 0.3) is 11.1 Å². The summed E-state index contributed by atoms with van der Waals surface area (Å²) in [5, 5.41) is 22.2. The molecular weight excluding hydrogens is 424 g/mol. The SMILES string of the molecule is CC1(C)c2ccccc2-c2cc(C(=O)NCC(=O)N3CC4(CC3C(O)O)OCCO4)ccc21. The van der Waals surface area contributed by atoms with Gasteiger partial charge in [-0.2, -0.15) is 0 Å². The van der Waals surface area contributed by atoms with Gasteiger partial charge < -0.3 is 29.9 Å². The van der Waals surface area contributed by atoms with E-state index in [0.717, 1.165) is 16.7 Å². The third-order valence-corrected chi connectivity index (χ3v) is 7.06. The molecule has 2 heterocycles. The van der Waals surface area contributed by atoms with Gasteiger partial charge in [-0.05, 0) is 34.4 Å². The molecular formula is C25H28N2O6. The number of fused-ring (bicyclic) bond motifs is 3. The van der Waals surface area contributed by atoms with Gasteiger partial charge in [0.2, 0.25) is 5.91 Å². The van der Waals surface area contributed by atoms with Gasteiger partial charge in [-0.3, -0.25) is 9.59 Å². The first kappa shape index (κ1) is 22.0. The van der Waals surface area contributed by atoms with Crippen molar-refractivity contribution < 1.29 is 29.3 Å². The number of likely N-dealkylation sites (tertiary alicyclic amines) is 1. The number of aliphatic hydroxyl groups is 2. The molecule has 8 nitrogen and oxygen atoms in total. The number of amides is 2. The van der Waals surface area contributed by atoms with E-state index in [1.807, 2.05) is 24.3 Å². The molecule has 2 aromatic rings. The van der Waals surface area contributed by atoms with E-state index in [-0.39, 0.29) is 30.8 Å². The predicted molar refractivity (Wildman–Crippen MR) is 119 cm³/mol. The van der Waals surface area contributed by atoms with Crippen LogP contribution in [0, 0.1) is 0 Å². The number of aliphatic hydroxyl groups excluding tert-OH is 1. The Kier molecular flexibility index (Phi) is 5.29. The number of nitrogens with one attached hydrogen (secondary N) is 1. The first-order chi connectivity index (χ1) is 15.7. The number of carbonyl (C=O) groups is 2. The van der Waals surface area contributed by atoms with Crippen LogP contribution in [-0.4, -0.2) is 71.3 Å². The van der Waals surface area contributed by atoms with Gasteiger partial charge in [0.1, 0.15) is 0 Å². The molecule has 2 saturated heterocycles. The summed E-state index contributed by atoms with van der Waals surface area (Å²) < 4.78 is 11.2. The second kappa shape index (κ2) is 7.92. The summed E-state index contributed by atoms with van der Waals surface area (Å²) in [5.41, 5.74) is 4.84. The van der Waals surface area contributed by atoms with E-state index in [2.05, 4.69) is 31.3 Å². The lowest BCUT2D eigenvalue weighted by molar-refractivity contribution is -0.152. The number of hydrogen-bond donors (Lipinski definition) is 3. The van der Waals surface area contributed by atoms with Crippen molar-refractivity contribution in [3.05, 3.63) is 59.2 Å². The van der Waals surface area contributed by atoms with Crippen LogP contribution < -0.4 is 5.32 Å². The Balaban J connectivity index is 1.30. The summed E-state index contributed by atoms with van der Waals surface area (Å²) in [7, 11) is 0. The molecule has 174 valence electrons. The molecule has 2 aliphatic heterocycles. The molecule has 1 atom stereocenters. The number of benzene rings is 2. The van der Waals surface area contributed by atoms with Crippen LogP contribution in [0.4, 0.5) is 0 Å². The van der Waals surface area contributed by atoms with Gasteiger partial charge in [0, 0.05) is 17.4 Å². The number of hydrogen-bond acceptors (Lipinski definition) is 6. The maximum Gasteiger partial charge on any atom is 0.251 e. The second-order valence-electron chi connectivity index (χ2n) is 9.43. The van der Waals surface area contributed by atoms with Crippen molar-refractivity contribution in [3.8, 4) is 11.1 Å². The van der Waals surface area contributed by atoms with Crippen molar-refractivity contribution >= 4 is 11.8 Å². The molecule has 3 N–H and O–H groups in total. The summed E-state index contributed by atoms with van der Waals surface area (Å²) in [6, 6.07) is 12.9. The highest BCUT2D eigenvalue weighted by molar-refractivity contribution is 5.98. The zero-order valence-corrected chi connectivity index (χ0v) is 18.7. The van der Waals surface area contributed by atoms with Crippen molar-refractivity contribution in [2.24, 2.45) is 0 Å². The quantitative estimate of drug-likeness (QED) is 0.605. The minimum Gasteiger partial charge on any atom is -0.366 e. The number of carbonyl (C=O) groups excluding carboxylic acids is 2. The minimum atomic E-state index is -1.73. The van der Waals surface area contributed by atoms with Gasteiger partial charge in [0.15, 0.2) is 12.1 Å². The Morgan fingerprint density at radius 3 is 2.52 bits per heavy atom. The highest BCUT2D eigenvalue weighted by atomic mass is 16.7. The number of rotatable bonds is 4. The molecule has 3 aliphatic rings. The molecule has 1 spiro atoms. The lowest BCUT2D eigenvalue weighted by atomic mass is 9.82. The molecule has 2 fully saturated rings. The van der Waals surface area contributed by atoms with Crippen LogP contribution >= 0.6 is 0 Å². The second-order valence-corrected chi connectivity index (χ2v) is 9.43. The van der Waals surface area contributed by atoms with Crippen molar-refractivity contribution in [1.29, 1.82) is 0 Å². The van der Waals surface area contributed by atoms with Gasteiger partial charge in [-0.25, -0.2) is 0 Å². The highest BCUT2D eigenvalue weighted by Gasteiger charge is 2.52. The first-order valence-electron chi connectivity index (χ1n) is 11.2. The highest BCUT2D eigenvalue weighted by Crippen LogP contribution is 2.48. The Bertz CT molecular complexity index is 1110. The Morgan fingerprint density at radius 2 is 1.79 bits per heavy atom. The average molecular weight is 453 g/mol. The van der Waals surface area contributed by atoms with Crippen molar-refractivity contribution in [2.75, 3.05) is 26.3 Å². The summed E-state index contributed by atoms with van der Waals surface area (Å²) in [4.78, 5) is 27.0. The summed E-state index contributed by atoms with van der Waals surface area (Å²) in [5.74, 6) is -1.80. The average Bonchev–Trinajstić information content (AvgIpc) is 3.49. The van der Waals surface area contributed by atoms with E-state index in [4.69, 9.17) is 9.47 Å². The molecule has 8 heteroatoms. The van der Waals surface area contributed by atoms with E-state index < -0.39 is 24.0 Å². The molecule has 5 rings (SSSR count). The fourth-order valence-corrected chi connectivity index (χ4v) is 5.34. The van der Waals surface area contributed by atoms with E-state index >= 15 is 0 Å². The molecule has 0 bridgehead atoms. The standard InChI is InChI=1S/C25H28N2O6/c1-24(2)18-6-4-3-5-16(18)17-11-15(7-8-19(17)24)22(29)26-13-21(28)27-14-25(32-9-10-33-25)12-20(27)23(30)31/h3-8,11,20,23,30-31H,9-10,12-14H2,1-2H3,(H,26,29). The molecule has 2 amide bonds. The van der Waals surface area contributed by atoms with Crippen molar-refractivity contribution in [2.45, 2.75) is 43.8 Å². The Labute approximate surface area is 192 Å². The molecule has 33 heavy (non-hydrogen) atoms. The van der Waals surface area contributed by atoms with Crippen LogP contribution in [0.1, 0.15) is 41.8 Å². The Morgan fingerprint density at radius 1 is 1.09 bits per heavy atom. The fourth-order valence-electron chi connectivity index (χ4n) is 5.34. The van der Waals surface area contributed by atoms with E-state index in [9.17, 15) is 19.8 Å². The summed E-state index contributed by atoms with van der Waals surface area (Å²) in [6.07, 6.45) is -1.55. The van der Waals surface area contributed by atoms with Crippen molar-refractivity contribution in [1.82, 2.24) is 10.2 Å². The maximum absolute atomic E-state index is 12.9. The Hall–Kier alpha value is -2.78. The lowest BCUT2D eigenvalue weighted by Gasteiger charge is -2.25. The lowest BCUT2D eigenvalue weighted by Crippen LogP contribution is -2.47. The third-order valence-electron chi connectivity index (χ3n) is 7.06. The molecule has 2 aromatic carbocycles. The normalized spacial score (nSPS) is 22.0. The summed E-state index contributed by atoms with van der Waals surface area (Å²) in [6.45, 7) is 4.95. The monoisotopic (exact) mass is 452 g/mol. The van der Waals surface area contributed by atoms with Gasteiger partial charge >= 0.3 is 0 Å². The zero-order valence-electron chi connectivity index (χ0n) is 18.7. The molecule has 0 saturated carbocycles. The van der Waals surface area contributed by atoms with Crippen LogP contribution in [0.15, 0.2) is 42.5 Å². The van der Waals surface area contributed by atoms with E-state index in [1.165, 1.54) is 10.5 Å².